The van der Waals surface area contributed by atoms with Crippen molar-refractivity contribution in [1.82, 2.24) is 9.88 Å². The number of likely N-dealkylation sites (N-methyl/N-ethyl adjacent to an activating group) is 1. The highest BCUT2D eigenvalue weighted by Gasteiger charge is 2.25. The molecule has 0 saturated carbocycles. The van der Waals surface area contributed by atoms with Gasteiger partial charge in [-0.05, 0) is 80.4 Å². The summed E-state index contributed by atoms with van der Waals surface area (Å²) in [6.07, 6.45) is 3.27. The van der Waals surface area contributed by atoms with E-state index in [1.165, 1.54) is 47.3 Å². The Bertz CT molecular complexity index is 989. The average Bonchev–Trinajstić information content (AvgIpc) is 3.07. The first-order valence-corrected chi connectivity index (χ1v) is 10.0. The first-order chi connectivity index (χ1) is 13.6. The van der Waals surface area contributed by atoms with Crippen LogP contribution < -0.4 is 5.32 Å². The van der Waals surface area contributed by atoms with E-state index in [9.17, 15) is 9.18 Å². The Hall–Kier alpha value is -2.66. The quantitative estimate of drug-likeness (QED) is 0.672. The first kappa shape index (κ1) is 18.7. The third kappa shape index (κ3) is 3.54. The zero-order chi connectivity index (χ0) is 19.7. The molecule has 1 aromatic heterocycles. The fourth-order valence-corrected chi connectivity index (χ4v) is 4.33. The van der Waals surface area contributed by atoms with Gasteiger partial charge in [-0.3, -0.25) is 4.79 Å². The molecule has 1 aliphatic carbocycles. The highest BCUT2D eigenvalue weighted by Crippen LogP contribution is 2.32. The summed E-state index contributed by atoms with van der Waals surface area (Å²) in [4.78, 5) is 18.5. The molecule has 0 fully saturated rings. The van der Waals surface area contributed by atoms with E-state index in [0.29, 0.717) is 11.6 Å². The van der Waals surface area contributed by atoms with Gasteiger partial charge in [0, 0.05) is 33.9 Å². The van der Waals surface area contributed by atoms with E-state index in [4.69, 9.17) is 0 Å². The number of aryl methyl sites for hydroxylation is 1. The second-order valence-corrected chi connectivity index (χ2v) is 7.42. The van der Waals surface area contributed by atoms with Gasteiger partial charge in [0.2, 0.25) is 0 Å². The van der Waals surface area contributed by atoms with Crippen molar-refractivity contribution in [3.63, 3.8) is 0 Å². The SMILES string of the molecule is CCN(CC)C1CCc2[nH]c3ccc(NC(=O)c4ccc(F)cc4)cc3c2C1. The van der Waals surface area contributed by atoms with Crippen LogP contribution in [0.1, 0.15) is 41.9 Å². The molecule has 1 amide bonds. The molecule has 1 unspecified atom stereocenters. The topological polar surface area (TPSA) is 48.1 Å². The van der Waals surface area contributed by atoms with Crippen LogP contribution >= 0.6 is 0 Å². The molecule has 2 aromatic carbocycles. The molecule has 0 saturated heterocycles. The average molecular weight is 379 g/mol. The van der Waals surface area contributed by atoms with Crippen molar-refractivity contribution >= 4 is 22.5 Å². The maximum Gasteiger partial charge on any atom is 0.255 e. The van der Waals surface area contributed by atoms with E-state index in [1.54, 1.807) is 0 Å². The van der Waals surface area contributed by atoms with Gasteiger partial charge >= 0.3 is 0 Å². The van der Waals surface area contributed by atoms with Crippen LogP contribution in [-0.2, 0) is 12.8 Å². The van der Waals surface area contributed by atoms with E-state index in [0.717, 1.165) is 37.1 Å². The van der Waals surface area contributed by atoms with Crippen LogP contribution in [0.2, 0.25) is 0 Å². The second-order valence-electron chi connectivity index (χ2n) is 7.42. The highest BCUT2D eigenvalue weighted by atomic mass is 19.1. The minimum absolute atomic E-state index is 0.232. The fourth-order valence-electron chi connectivity index (χ4n) is 4.33. The van der Waals surface area contributed by atoms with Gasteiger partial charge in [0.25, 0.3) is 5.91 Å². The summed E-state index contributed by atoms with van der Waals surface area (Å²) in [6, 6.07) is 12.2. The summed E-state index contributed by atoms with van der Waals surface area (Å²) in [7, 11) is 0. The van der Waals surface area contributed by atoms with Gasteiger partial charge in [0.15, 0.2) is 0 Å². The van der Waals surface area contributed by atoms with Crippen molar-refractivity contribution in [1.29, 1.82) is 0 Å². The molecule has 1 heterocycles. The Balaban J connectivity index is 1.60. The Labute approximate surface area is 164 Å². The molecule has 2 N–H and O–H groups in total. The lowest BCUT2D eigenvalue weighted by molar-refractivity contribution is 0.102. The summed E-state index contributed by atoms with van der Waals surface area (Å²) in [5, 5.41) is 4.12. The van der Waals surface area contributed by atoms with Crippen LogP contribution in [0.15, 0.2) is 42.5 Å². The molecular weight excluding hydrogens is 353 g/mol. The molecule has 0 spiro atoms. The molecule has 5 heteroatoms. The number of amides is 1. The second kappa shape index (κ2) is 7.76. The van der Waals surface area contributed by atoms with Crippen LogP contribution in [0.4, 0.5) is 10.1 Å². The molecule has 4 rings (SSSR count). The summed E-state index contributed by atoms with van der Waals surface area (Å²) < 4.78 is 13.1. The van der Waals surface area contributed by atoms with Gasteiger partial charge < -0.3 is 15.2 Å². The van der Waals surface area contributed by atoms with E-state index < -0.39 is 0 Å². The number of anilines is 1. The zero-order valence-corrected chi connectivity index (χ0v) is 16.4. The van der Waals surface area contributed by atoms with Crippen molar-refractivity contribution in [3.8, 4) is 0 Å². The molecule has 1 atom stereocenters. The van der Waals surface area contributed by atoms with Crippen molar-refractivity contribution in [3.05, 3.63) is 65.1 Å². The van der Waals surface area contributed by atoms with Crippen LogP contribution in [-0.4, -0.2) is 34.9 Å². The lowest BCUT2D eigenvalue weighted by Crippen LogP contribution is -2.38. The van der Waals surface area contributed by atoms with Crippen LogP contribution in [0.5, 0.6) is 0 Å². The van der Waals surface area contributed by atoms with Crippen molar-refractivity contribution in [2.75, 3.05) is 18.4 Å². The number of H-pyrrole nitrogens is 1. The van der Waals surface area contributed by atoms with Crippen LogP contribution in [0.25, 0.3) is 10.9 Å². The van der Waals surface area contributed by atoms with E-state index >= 15 is 0 Å². The smallest absolute Gasteiger partial charge is 0.255 e. The predicted molar refractivity (Wildman–Crippen MR) is 111 cm³/mol. The molecule has 146 valence electrons. The van der Waals surface area contributed by atoms with Crippen molar-refractivity contribution in [2.24, 2.45) is 0 Å². The van der Waals surface area contributed by atoms with E-state index in [1.807, 2.05) is 12.1 Å². The van der Waals surface area contributed by atoms with Gasteiger partial charge in [-0.2, -0.15) is 0 Å². The van der Waals surface area contributed by atoms with Crippen LogP contribution in [0, 0.1) is 5.82 Å². The summed E-state index contributed by atoms with van der Waals surface area (Å²) in [6.45, 7) is 6.57. The van der Waals surface area contributed by atoms with E-state index in [2.05, 4.69) is 35.1 Å². The molecule has 1 aliphatic rings. The number of nitrogens with zero attached hydrogens (tertiary/aromatic N) is 1. The summed E-state index contributed by atoms with van der Waals surface area (Å²) in [5.41, 5.74) is 5.01. The maximum absolute atomic E-state index is 13.1. The largest absolute Gasteiger partial charge is 0.358 e. The monoisotopic (exact) mass is 379 g/mol. The standard InChI is InChI=1S/C23H26FN3O/c1-3-27(4-2)18-10-12-22-20(14-18)19-13-17(9-11-21(19)26-22)25-23(28)15-5-7-16(24)8-6-15/h5-9,11,13,18,26H,3-4,10,12,14H2,1-2H3,(H,25,28). The minimum atomic E-state index is -0.348. The number of carbonyl (C=O) groups excluding carboxylic acids is 1. The number of halogens is 1. The Morgan fingerprint density at radius 3 is 2.64 bits per heavy atom. The number of aromatic amines is 1. The lowest BCUT2D eigenvalue weighted by atomic mass is 9.90. The van der Waals surface area contributed by atoms with Crippen molar-refractivity contribution in [2.45, 2.75) is 39.2 Å². The fraction of sp³-hybridized carbons (Fsp3) is 0.348. The number of rotatable bonds is 5. The Morgan fingerprint density at radius 1 is 1.18 bits per heavy atom. The Morgan fingerprint density at radius 2 is 1.93 bits per heavy atom. The third-order valence-electron chi connectivity index (χ3n) is 5.85. The zero-order valence-electron chi connectivity index (χ0n) is 16.4. The molecule has 0 radical (unpaired) electrons. The first-order valence-electron chi connectivity index (χ1n) is 10.0. The molecule has 0 aliphatic heterocycles. The summed E-state index contributed by atoms with van der Waals surface area (Å²) in [5.74, 6) is -0.579. The minimum Gasteiger partial charge on any atom is -0.358 e. The van der Waals surface area contributed by atoms with Gasteiger partial charge in [-0.25, -0.2) is 4.39 Å². The number of nitrogens with one attached hydrogen (secondary N) is 2. The predicted octanol–water partition coefficient (Wildman–Crippen LogP) is 4.76. The summed E-state index contributed by atoms with van der Waals surface area (Å²) >= 11 is 0. The van der Waals surface area contributed by atoms with Gasteiger partial charge in [-0.15, -0.1) is 0 Å². The van der Waals surface area contributed by atoms with E-state index in [-0.39, 0.29) is 11.7 Å². The van der Waals surface area contributed by atoms with Crippen LogP contribution in [0.3, 0.4) is 0 Å². The number of carbonyl (C=O) groups is 1. The lowest BCUT2D eigenvalue weighted by Gasteiger charge is -2.32. The number of hydrogen-bond acceptors (Lipinski definition) is 2. The molecule has 3 aromatic rings. The molecular formula is C23H26FN3O. The highest BCUT2D eigenvalue weighted by molar-refractivity contribution is 6.05. The molecule has 0 bridgehead atoms. The van der Waals surface area contributed by atoms with Gasteiger partial charge in [0.05, 0.1) is 0 Å². The normalized spacial score (nSPS) is 16.4. The third-order valence-corrected chi connectivity index (χ3v) is 5.85. The number of fused-ring (bicyclic) bond motifs is 3. The number of benzene rings is 2. The Kier molecular flexibility index (Phi) is 5.18. The van der Waals surface area contributed by atoms with Crippen molar-refractivity contribution < 1.29 is 9.18 Å². The number of aromatic nitrogens is 1. The van der Waals surface area contributed by atoms with Gasteiger partial charge in [-0.1, -0.05) is 13.8 Å². The maximum atomic E-state index is 13.1. The molecule has 4 nitrogen and oxygen atoms in total. The molecule has 28 heavy (non-hydrogen) atoms. The van der Waals surface area contributed by atoms with Gasteiger partial charge in [0.1, 0.15) is 5.82 Å². The number of hydrogen-bond donors (Lipinski definition) is 2.